The topological polar surface area (TPSA) is 54.0 Å². The van der Waals surface area contributed by atoms with Crippen LogP contribution in [0.15, 0.2) is 42.6 Å². The number of hydrogen-bond donors (Lipinski definition) is 2. The zero-order valence-electron chi connectivity index (χ0n) is 12.1. The van der Waals surface area contributed by atoms with Crippen molar-refractivity contribution in [2.75, 3.05) is 17.2 Å². The molecule has 1 amide bonds. The van der Waals surface area contributed by atoms with Gasteiger partial charge in [-0.25, -0.2) is 4.98 Å². The summed E-state index contributed by atoms with van der Waals surface area (Å²) < 4.78 is 0. The number of aromatic nitrogens is 1. The van der Waals surface area contributed by atoms with Crippen LogP contribution in [0.1, 0.15) is 24.2 Å². The Morgan fingerprint density at radius 1 is 1.24 bits per heavy atom. The molecule has 0 saturated carbocycles. The third-order valence-corrected chi connectivity index (χ3v) is 3.17. The van der Waals surface area contributed by atoms with E-state index in [0.29, 0.717) is 22.3 Å². The zero-order chi connectivity index (χ0) is 15.2. The Labute approximate surface area is 129 Å². The molecule has 0 bridgehead atoms. The van der Waals surface area contributed by atoms with E-state index in [1.54, 1.807) is 36.5 Å². The van der Waals surface area contributed by atoms with Gasteiger partial charge < -0.3 is 10.6 Å². The lowest BCUT2D eigenvalue weighted by Crippen LogP contribution is -2.13. The summed E-state index contributed by atoms with van der Waals surface area (Å²) in [6.07, 6.45) is 1.70. The summed E-state index contributed by atoms with van der Waals surface area (Å²) in [5.41, 5.74) is 1.36. The van der Waals surface area contributed by atoms with Crippen LogP contribution in [0.5, 0.6) is 0 Å². The van der Waals surface area contributed by atoms with Gasteiger partial charge in [-0.2, -0.15) is 0 Å². The number of carbonyl (C=O) groups is 1. The average Bonchev–Trinajstić information content (AvgIpc) is 2.47. The third kappa shape index (κ3) is 4.46. The van der Waals surface area contributed by atoms with Crippen molar-refractivity contribution in [2.45, 2.75) is 13.8 Å². The Hall–Kier alpha value is -2.07. The maximum absolute atomic E-state index is 12.1. The van der Waals surface area contributed by atoms with Crippen LogP contribution < -0.4 is 10.6 Å². The SMILES string of the molecule is CC(C)CNc1ccc(NC(=O)c2ccccc2Cl)nc1. The molecule has 0 radical (unpaired) electrons. The van der Waals surface area contributed by atoms with Crippen LogP contribution >= 0.6 is 11.6 Å². The first kappa shape index (κ1) is 15.3. The molecular formula is C16H18ClN3O. The first-order chi connectivity index (χ1) is 10.1. The summed E-state index contributed by atoms with van der Waals surface area (Å²) in [5, 5.41) is 6.42. The third-order valence-electron chi connectivity index (χ3n) is 2.84. The lowest BCUT2D eigenvalue weighted by molar-refractivity contribution is 0.102. The molecule has 21 heavy (non-hydrogen) atoms. The van der Waals surface area contributed by atoms with Gasteiger partial charge in [0, 0.05) is 6.54 Å². The van der Waals surface area contributed by atoms with Gasteiger partial charge in [0.15, 0.2) is 0 Å². The minimum absolute atomic E-state index is 0.268. The Morgan fingerprint density at radius 3 is 2.62 bits per heavy atom. The second-order valence-corrected chi connectivity index (χ2v) is 5.55. The molecule has 0 aliphatic carbocycles. The fourth-order valence-electron chi connectivity index (χ4n) is 1.72. The largest absolute Gasteiger partial charge is 0.384 e. The predicted octanol–water partition coefficient (Wildman–Crippen LogP) is 4.06. The number of halogens is 1. The molecule has 4 nitrogen and oxygen atoms in total. The van der Waals surface area contributed by atoms with Gasteiger partial charge in [-0.15, -0.1) is 0 Å². The summed E-state index contributed by atoms with van der Waals surface area (Å²) in [7, 11) is 0. The molecule has 5 heteroatoms. The van der Waals surface area contributed by atoms with Crippen LogP contribution in [-0.4, -0.2) is 17.4 Å². The fourth-order valence-corrected chi connectivity index (χ4v) is 1.94. The van der Waals surface area contributed by atoms with Crippen molar-refractivity contribution in [3.05, 3.63) is 53.2 Å². The van der Waals surface area contributed by atoms with E-state index < -0.39 is 0 Å². The van der Waals surface area contributed by atoms with Gasteiger partial charge >= 0.3 is 0 Å². The van der Waals surface area contributed by atoms with E-state index in [1.165, 1.54) is 0 Å². The first-order valence-electron chi connectivity index (χ1n) is 6.82. The second kappa shape index (κ2) is 7.09. The van der Waals surface area contributed by atoms with Gasteiger partial charge in [-0.1, -0.05) is 37.6 Å². The van der Waals surface area contributed by atoms with Gasteiger partial charge in [-0.05, 0) is 30.2 Å². The highest BCUT2D eigenvalue weighted by Crippen LogP contribution is 2.17. The maximum Gasteiger partial charge on any atom is 0.258 e. The van der Waals surface area contributed by atoms with Crippen LogP contribution in [0, 0.1) is 5.92 Å². The molecule has 1 heterocycles. The number of anilines is 2. The lowest BCUT2D eigenvalue weighted by atomic mass is 10.2. The van der Waals surface area contributed by atoms with Gasteiger partial charge in [0.1, 0.15) is 5.82 Å². The normalized spacial score (nSPS) is 10.5. The first-order valence-corrected chi connectivity index (χ1v) is 7.20. The van der Waals surface area contributed by atoms with E-state index in [4.69, 9.17) is 11.6 Å². The number of hydrogen-bond acceptors (Lipinski definition) is 3. The molecule has 0 aliphatic heterocycles. The molecule has 2 N–H and O–H groups in total. The summed E-state index contributed by atoms with van der Waals surface area (Å²) in [6.45, 7) is 5.16. The van der Waals surface area contributed by atoms with Crippen LogP contribution in [0.2, 0.25) is 5.02 Å². The molecule has 1 aromatic heterocycles. The van der Waals surface area contributed by atoms with E-state index in [0.717, 1.165) is 12.2 Å². The van der Waals surface area contributed by atoms with Crippen LogP contribution in [0.4, 0.5) is 11.5 Å². The van der Waals surface area contributed by atoms with Gasteiger partial charge in [0.2, 0.25) is 0 Å². The smallest absolute Gasteiger partial charge is 0.258 e. The second-order valence-electron chi connectivity index (χ2n) is 5.14. The van der Waals surface area contributed by atoms with Crippen molar-refractivity contribution >= 4 is 29.0 Å². The Kier molecular flexibility index (Phi) is 5.17. The number of nitrogens with one attached hydrogen (secondary N) is 2. The predicted molar refractivity (Wildman–Crippen MR) is 87.0 cm³/mol. The number of nitrogens with zero attached hydrogens (tertiary/aromatic N) is 1. The van der Waals surface area contributed by atoms with Crippen molar-refractivity contribution in [2.24, 2.45) is 5.92 Å². The molecule has 0 fully saturated rings. The molecule has 0 spiro atoms. The van der Waals surface area contributed by atoms with E-state index in [9.17, 15) is 4.79 Å². The molecule has 110 valence electrons. The van der Waals surface area contributed by atoms with Crippen molar-refractivity contribution in [3.8, 4) is 0 Å². The summed E-state index contributed by atoms with van der Waals surface area (Å²) >= 11 is 5.99. The highest BCUT2D eigenvalue weighted by Gasteiger charge is 2.10. The standard InChI is InChI=1S/C16H18ClN3O/c1-11(2)9-18-12-7-8-15(19-10-12)20-16(21)13-5-3-4-6-14(13)17/h3-8,10-11,18H,9H2,1-2H3,(H,19,20,21). The van der Waals surface area contributed by atoms with E-state index in [2.05, 4.69) is 29.5 Å². The van der Waals surface area contributed by atoms with E-state index in [1.807, 2.05) is 6.07 Å². The molecule has 0 saturated heterocycles. The zero-order valence-corrected chi connectivity index (χ0v) is 12.8. The van der Waals surface area contributed by atoms with Crippen LogP contribution in [0.25, 0.3) is 0 Å². The molecule has 0 aliphatic rings. The summed E-state index contributed by atoms with van der Waals surface area (Å²) in [5.74, 6) is 0.788. The minimum Gasteiger partial charge on any atom is -0.384 e. The number of carbonyl (C=O) groups excluding carboxylic acids is 1. The Bertz CT molecular complexity index is 611. The van der Waals surface area contributed by atoms with E-state index in [-0.39, 0.29) is 5.91 Å². The molecule has 2 rings (SSSR count). The number of rotatable bonds is 5. The van der Waals surface area contributed by atoms with Gasteiger partial charge in [-0.3, -0.25) is 4.79 Å². The maximum atomic E-state index is 12.1. The van der Waals surface area contributed by atoms with Crippen LogP contribution in [0.3, 0.4) is 0 Å². The Balaban J connectivity index is 2.00. The minimum atomic E-state index is -0.268. The number of benzene rings is 1. The quantitative estimate of drug-likeness (QED) is 0.876. The van der Waals surface area contributed by atoms with Crippen molar-refractivity contribution in [1.29, 1.82) is 0 Å². The number of amides is 1. The van der Waals surface area contributed by atoms with Crippen molar-refractivity contribution < 1.29 is 4.79 Å². The average molecular weight is 304 g/mol. The molecule has 0 atom stereocenters. The number of pyridine rings is 1. The van der Waals surface area contributed by atoms with Gasteiger partial charge in [0.05, 0.1) is 22.5 Å². The molecule has 2 aromatic rings. The summed E-state index contributed by atoms with van der Waals surface area (Å²) in [4.78, 5) is 16.3. The lowest BCUT2D eigenvalue weighted by Gasteiger charge is -2.10. The monoisotopic (exact) mass is 303 g/mol. The molecule has 0 unspecified atom stereocenters. The molecule has 1 aromatic carbocycles. The van der Waals surface area contributed by atoms with Crippen molar-refractivity contribution in [3.63, 3.8) is 0 Å². The summed E-state index contributed by atoms with van der Waals surface area (Å²) in [6, 6.07) is 10.6. The molecular weight excluding hydrogens is 286 g/mol. The Morgan fingerprint density at radius 2 is 2.00 bits per heavy atom. The van der Waals surface area contributed by atoms with Gasteiger partial charge in [0.25, 0.3) is 5.91 Å². The fraction of sp³-hybridized carbons (Fsp3) is 0.250. The van der Waals surface area contributed by atoms with Crippen molar-refractivity contribution in [1.82, 2.24) is 4.98 Å². The van der Waals surface area contributed by atoms with E-state index >= 15 is 0 Å². The highest BCUT2D eigenvalue weighted by molar-refractivity contribution is 6.34. The van der Waals surface area contributed by atoms with Crippen LogP contribution in [-0.2, 0) is 0 Å². The highest BCUT2D eigenvalue weighted by atomic mass is 35.5.